The van der Waals surface area contributed by atoms with Crippen LogP contribution in [-0.4, -0.2) is 62.0 Å². The zero-order chi connectivity index (χ0) is 22.8. The first-order valence-corrected chi connectivity index (χ1v) is 12.1. The number of carboxylic acids is 1. The Bertz CT molecular complexity index is 889. The van der Waals surface area contributed by atoms with Crippen molar-refractivity contribution in [2.24, 2.45) is 0 Å². The largest absolute Gasteiger partial charge is 0.493 e. The van der Waals surface area contributed by atoms with Crippen molar-refractivity contribution >= 4 is 29.3 Å². The number of aliphatic carboxylic acids is 1. The molecule has 0 saturated carbocycles. The van der Waals surface area contributed by atoms with Crippen molar-refractivity contribution in [3.63, 3.8) is 0 Å². The summed E-state index contributed by atoms with van der Waals surface area (Å²) in [6.45, 7) is 7.07. The minimum Gasteiger partial charge on any atom is -0.493 e. The van der Waals surface area contributed by atoms with E-state index in [4.69, 9.17) is 30.9 Å². The van der Waals surface area contributed by atoms with E-state index < -0.39 is 12.6 Å². The van der Waals surface area contributed by atoms with Gasteiger partial charge in [-0.25, -0.2) is 4.79 Å². The topological polar surface area (TPSA) is 68.2 Å². The van der Waals surface area contributed by atoms with E-state index in [9.17, 15) is 4.79 Å². The van der Waals surface area contributed by atoms with E-state index >= 15 is 0 Å². The molecule has 174 valence electrons. The van der Waals surface area contributed by atoms with Crippen LogP contribution in [0.1, 0.15) is 25.3 Å². The lowest BCUT2D eigenvalue weighted by Gasteiger charge is -2.26. The molecule has 1 heterocycles. The molecule has 1 N–H and O–H groups in total. The summed E-state index contributed by atoms with van der Waals surface area (Å²) >= 11 is 7.86. The summed E-state index contributed by atoms with van der Waals surface area (Å²) in [7, 11) is 0. The van der Waals surface area contributed by atoms with Gasteiger partial charge in [-0.05, 0) is 54.8 Å². The van der Waals surface area contributed by atoms with Crippen LogP contribution in [0.2, 0.25) is 5.02 Å². The van der Waals surface area contributed by atoms with Gasteiger partial charge in [-0.15, -0.1) is 0 Å². The fourth-order valence-corrected chi connectivity index (χ4v) is 4.72. The van der Waals surface area contributed by atoms with Crippen molar-refractivity contribution in [2.75, 3.05) is 46.1 Å². The standard InChI is InChI=1S/C24H30ClNO5S/c1-2-4-18-13-19(30-10-3-7-26-8-11-29-12-9-26)15-21(14-18)32-20-5-6-23(22(25)16-20)31-17-24(27)28/h5-6,13-16H,2-4,7-12,17H2,1H3,(H,27,28). The highest BCUT2D eigenvalue weighted by Gasteiger charge is 2.11. The summed E-state index contributed by atoms with van der Waals surface area (Å²) in [4.78, 5) is 15.1. The first kappa shape index (κ1) is 24.7. The average Bonchev–Trinajstić information content (AvgIpc) is 2.77. The van der Waals surface area contributed by atoms with E-state index in [0.29, 0.717) is 17.4 Å². The predicted octanol–water partition coefficient (Wildman–Crippen LogP) is 5.01. The molecule has 2 aromatic rings. The second kappa shape index (κ2) is 12.9. The van der Waals surface area contributed by atoms with Crippen LogP contribution in [0.25, 0.3) is 0 Å². The fraction of sp³-hybridized carbons (Fsp3) is 0.458. The summed E-state index contributed by atoms with van der Waals surface area (Å²) in [5.74, 6) is 0.208. The van der Waals surface area contributed by atoms with Gasteiger partial charge in [0, 0.05) is 29.4 Å². The Kier molecular flexibility index (Phi) is 9.99. The lowest BCUT2D eigenvalue weighted by molar-refractivity contribution is -0.139. The Balaban J connectivity index is 1.60. The van der Waals surface area contributed by atoms with Crippen LogP contribution < -0.4 is 9.47 Å². The maximum Gasteiger partial charge on any atom is 0.341 e. The average molecular weight is 480 g/mol. The molecule has 32 heavy (non-hydrogen) atoms. The van der Waals surface area contributed by atoms with E-state index in [0.717, 1.165) is 67.7 Å². The monoisotopic (exact) mass is 479 g/mol. The summed E-state index contributed by atoms with van der Waals surface area (Å²) in [6.07, 6.45) is 3.03. The molecule has 0 radical (unpaired) electrons. The zero-order valence-electron chi connectivity index (χ0n) is 18.3. The molecule has 8 heteroatoms. The molecule has 0 spiro atoms. The number of halogens is 1. The van der Waals surface area contributed by atoms with Gasteiger partial charge in [-0.3, -0.25) is 4.90 Å². The van der Waals surface area contributed by atoms with E-state index in [2.05, 4.69) is 30.0 Å². The Morgan fingerprint density at radius 1 is 1.16 bits per heavy atom. The van der Waals surface area contributed by atoms with E-state index in [1.807, 2.05) is 6.07 Å². The van der Waals surface area contributed by atoms with E-state index in [1.165, 1.54) is 5.56 Å². The van der Waals surface area contributed by atoms with Gasteiger partial charge in [-0.1, -0.05) is 36.7 Å². The molecule has 0 amide bonds. The zero-order valence-corrected chi connectivity index (χ0v) is 19.9. The van der Waals surface area contributed by atoms with Gasteiger partial charge in [0.05, 0.1) is 24.8 Å². The Morgan fingerprint density at radius 2 is 1.97 bits per heavy atom. The van der Waals surface area contributed by atoms with Gasteiger partial charge >= 0.3 is 5.97 Å². The number of carbonyl (C=O) groups is 1. The minimum atomic E-state index is -1.04. The highest BCUT2D eigenvalue weighted by molar-refractivity contribution is 7.99. The Morgan fingerprint density at radius 3 is 2.69 bits per heavy atom. The highest BCUT2D eigenvalue weighted by atomic mass is 35.5. The molecule has 1 fully saturated rings. The summed E-state index contributed by atoms with van der Waals surface area (Å²) < 4.78 is 16.7. The van der Waals surface area contributed by atoms with Crippen molar-refractivity contribution in [3.8, 4) is 11.5 Å². The number of carboxylic acid groups (broad SMARTS) is 1. The number of rotatable bonds is 12. The number of benzene rings is 2. The van der Waals surface area contributed by atoms with Crippen molar-refractivity contribution in [3.05, 3.63) is 47.0 Å². The molecule has 0 aliphatic carbocycles. The summed E-state index contributed by atoms with van der Waals surface area (Å²) in [6, 6.07) is 11.7. The van der Waals surface area contributed by atoms with Gasteiger partial charge in [0.25, 0.3) is 0 Å². The molecule has 0 bridgehead atoms. The van der Waals surface area contributed by atoms with Crippen molar-refractivity contribution in [2.45, 2.75) is 36.0 Å². The van der Waals surface area contributed by atoms with Crippen LogP contribution in [0.3, 0.4) is 0 Å². The number of aryl methyl sites for hydroxylation is 1. The van der Waals surface area contributed by atoms with Crippen LogP contribution in [-0.2, 0) is 16.0 Å². The third kappa shape index (κ3) is 8.20. The molecule has 0 aromatic heterocycles. The van der Waals surface area contributed by atoms with E-state index in [-0.39, 0.29) is 0 Å². The smallest absolute Gasteiger partial charge is 0.341 e. The number of hydrogen-bond acceptors (Lipinski definition) is 6. The second-order valence-corrected chi connectivity index (χ2v) is 9.15. The van der Waals surface area contributed by atoms with Gasteiger partial charge in [-0.2, -0.15) is 0 Å². The normalized spacial score (nSPS) is 14.3. The number of ether oxygens (including phenoxy) is 3. The van der Waals surface area contributed by atoms with Crippen molar-refractivity contribution in [1.29, 1.82) is 0 Å². The first-order valence-electron chi connectivity index (χ1n) is 10.9. The number of nitrogens with zero attached hydrogens (tertiary/aromatic N) is 1. The second-order valence-electron chi connectivity index (χ2n) is 7.60. The summed E-state index contributed by atoms with van der Waals surface area (Å²) in [5.41, 5.74) is 1.24. The predicted molar refractivity (Wildman–Crippen MR) is 127 cm³/mol. The lowest BCUT2D eigenvalue weighted by atomic mass is 10.1. The maximum absolute atomic E-state index is 10.7. The maximum atomic E-state index is 10.7. The van der Waals surface area contributed by atoms with E-state index in [1.54, 1.807) is 23.9 Å². The van der Waals surface area contributed by atoms with Crippen LogP contribution in [0.15, 0.2) is 46.2 Å². The molecule has 6 nitrogen and oxygen atoms in total. The molecule has 1 aliphatic heterocycles. The molecular weight excluding hydrogens is 450 g/mol. The molecular formula is C24H30ClNO5S. The van der Waals surface area contributed by atoms with Gasteiger partial charge in [0.15, 0.2) is 6.61 Å². The Labute approximate surface area is 198 Å². The van der Waals surface area contributed by atoms with Crippen LogP contribution in [0.4, 0.5) is 0 Å². The van der Waals surface area contributed by atoms with Crippen LogP contribution >= 0.6 is 23.4 Å². The molecule has 0 atom stereocenters. The lowest BCUT2D eigenvalue weighted by Crippen LogP contribution is -2.37. The van der Waals surface area contributed by atoms with Crippen molar-refractivity contribution < 1.29 is 24.1 Å². The molecule has 3 rings (SSSR count). The quantitative estimate of drug-likeness (QED) is 0.429. The molecule has 1 saturated heterocycles. The molecule has 0 unspecified atom stereocenters. The van der Waals surface area contributed by atoms with Crippen LogP contribution in [0.5, 0.6) is 11.5 Å². The highest BCUT2D eigenvalue weighted by Crippen LogP contribution is 2.36. The Hall–Kier alpha value is -1.93. The fourth-order valence-electron chi connectivity index (χ4n) is 3.45. The molecule has 1 aliphatic rings. The minimum absolute atomic E-state index is 0.363. The SMILES string of the molecule is CCCc1cc(OCCCN2CCOCC2)cc(Sc2ccc(OCC(=O)O)c(Cl)c2)c1. The third-order valence-corrected chi connectivity index (χ3v) is 6.22. The van der Waals surface area contributed by atoms with Crippen molar-refractivity contribution in [1.82, 2.24) is 4.90 Å². The molecule has 2 aromatic carbocycles. The van der Waals surface area contributed by atoms with Gasteiger partial charge < -0.3 is 19.3 Å². The number of morpholine rings is 1. The number of hydrogen-bond donors (Lipinski definition) is 1. The van der Waals surface area contributed by atoms with Crippen LogP contribution in [0, 0.1) is 0 Å². The first-order chi connectivity index (χ1) is 15.5. The third-order valence-electron chi connectivity index (χ3n) is 4.96. The van der Waals surface area contributed by atoms with Gasteiger partial charge in [0.1, 0.15) is 11.5 Å². The summed E-state index contributed by atoms with van der Waals surface area (Å²) in [5, 5.41) is 9.15. The van der Waals surface area contributed by atoms with Gasteiger partial charge in [0.2, 0.25) is 0 Å².